The van der Waals surface area contributed by atoms with E-state index >= 15 is 0 Å². The van der Waals surface area contributed by atoms with E-state index in [4.69, 9.17) is 11.6 Å². The van der Waals surface area contributed by atoms with E-state index in [-0.39, 0.29) is 5.56 Å². The van der Waals surface area contributed by atoms with Crippen LogP contribution in [0.2, 0.25) is 5.02 Å². The third-order valence-corrected chi connectivity index (χ3v) is 6.78. The molecule has 0 amide bonds. The van der Waals surface area contributed by atoms with E-state index in [1.54, 1.807) is 0 Å². The molecule has 0 fully saturated rings. The number of hydrogen-bond acceptors (Lipinski definition) is 2. The van der Waals surface area contributed by atoms with Crippen molar-refractivity contribution >= 4 is 17.6 Å². The van der Waals surface area contributed by atoms with Crippen LogP contribution in [0.1, 0.15) is 32.6 Å². The van der Waals surface area contributed by atoms with E-state index < -0.39 is 5.97 Å². The number of carbonyl (C=O) groups is 1. The number of carbonyl (C=O) groups excluding carboxylic acids is 1. The van der Waals surface area contributed by atoms with Gasteiger partial charge in [-0.25, -0.2) is 0 Å². The van der Waals surface area contributed by atoms with Crippen LogP contribution in [0, 0.1) is 0 Å². The van der Waals surface area contributed by atoms with Crippen molar-refractivity contribution in [1.29, 1.82) is 0 Å². The number of aromatic carboxylic acids is 1. The van der Waals surface area contributed by atoms with Crippen molar-refractivity contribution in [2.24, 2.45) is 0 Å². The predicted octanol–water partition coefficient (Wildman–Crippen LogP) is 7.31. The lowest BCUT2D eigenvalue weighted by atomic mass is 10.0. The molecule has 0 radical (unpaired) electrons. The number of rotatable bonds is 9. The Kier molecular flexibility index (Phi) is 10.1. The van der Waals surface area contributed by atoms with Gasteiger partial charge in [-0.2, -0.15) is 0 Å². The van der Waals surface area contributed by atoms with Gasteiger partial charge in [-0.3, -0.25) is 0 Å². The van der Waals surface area contributed by atoms with Crippen LogP contribution in [0.25, 0.3) is 0 Å². The summed E-state index contributed by atoms with van der Waals surface area (Å²) in [6.45, 7) is 4.00. The molecule has 0 aliphatic carbocycles. The molecule has 4 heteroatoms. The fraction of sp³-hybridized carbons (Fsp3) is 0.114. The zero-order valence-electron chi connectivity index (χ0n) is 21.8. The zero-order chi connectivity index (χ0) is 27.3. The number of nitrogens with zero attached hydrogens (tertiary/aromatic N) is 1. The number of halogens is 1. The van der Waals surface area contributed by atoms with E-state index in [9.17, 15) is 9.90 Å². The second-order valence-electron chi connectivity index (χ2n) is 9.71. The fourth-order valence-electron chi connectivity index (χ4n) is 4.80. The van der Waals surface area contributed by atoms with Crippen LogP contribution in [0.15, 0.2) is 146 Å². The lowest BCUT2D eigenvalue weighted by molar-refractivity contribution is -0.978. The van der Waals surface area contributed by atoms with E-state index in [0.717, 1.165) is 30.7 Å². The molecule has 0 aliphatic heterocycles. The number of benzene rings is 5. The maximum Gasteiger partial charge on any atom is 0.105 e. The molecule has 0 bridgehead atoms. The van der Waals surface area contributed by atoms with Crippen LogP contribution < -0.4 is 5.11 Å². The normalized spacial score (nSPS) is 10.8. The summed E-state index contributed by atoms with van der Waals surface area (Å²) in [5, 5.41) is 10.7. The smallest absolute Gasteiger partial charge is 0.105 e. The molecule has 0 spiro atoms. The summed E-state index contributed by atoms with van der Waals surface area (Å²) in [4.78, 5) is 10.2. The van der Waals surface area contributed by atoms with Gasteiger partial charge in [-0.15, -0.1) is 0 Å². The molecule has 0 N–H and O–H groups in total. The minimum atomic E-state index is -1.18. The van der Waals surface area contributed by atoms with Crippen LogP contribution in [-0.2, 0) is 26.2 Å². The maximum absolute atomic E-state index is 10.2. The van der Waals surface area contributed by atoms with E-state index in [2.05, 4.69) is 121 Å². The molecule has 5 rings (SSSR count). The van der Waals surface area contributed by atoms with E-state index in [1.807, 2.05) is 0 Å². The van der Waals surface area contributed by atoms with Gasteiger partial charge in [0.1, 0.15) is 26.2 Å². The highest BCUT2D eigenvalue weighted by Gasteiger charge is 2.29. The molecule has 0 saturated heterocycles. The molecule has 5 aromatic carbocycles. The maximum atomic E-state index is 10.2. The minimum Gasteiger partial charge on any atom is -0.545 e. The van der Waals surface area contributed by atoms with Gasteiger partial charge >= 0.3 is 0 Å². The predicted molar refractivity (Wildman–Crippen MR) is 157 cm³/mol. The van der Waals surface area contributed by atoms with Gasteiger partial charge in [-0.1, -0.05) is 145 Å². The van der Waals surface area contributed by atoms with Gasteiger partial charge in [0, 0.05) is 27.3 Å². The van der Waals surface area contributed by atoms with Gasteiger partial charge in [0.05, 0.1) is 5.97 Å². The molecule has 3 nitrogen and oxygen atoms in total. The molecule has 39 heavy (non-hydrogen) atoms. The summed E-state index contributed by atoms with van der Waals surface area (Å²) < 4.78 is 0.960. The van der Waals surface area contributed by atoms with E-state index in [1.165, 1.54) is 46.5 Å². The molecule has 5 aromatic rings. The van der Waals surface area contributed by atoms with Gasteiger partial charge in [-0.05, 0) is 17.7 Å². The molecule has 196 valence electrons. The van der Waals surface area contributed by atoms with E-state index in [0.29, 0.717) is 5.02 Å². The first kappa shape index (κ1) is 27.8. The first-order valence-electron chi connectivity index (χ1n) is 13.0. The van der Waals surface area contributed by atoms with Crippen molar-refractivity contribution in [3.8, 4) is 0 Å². The highest BCUT2D eigenvalue weighted by molar-refractivity contribution is 6.30. The SMILES string of the molecule is O=C([O-])c1ccc(Cl)cc1.c1ccc(C[N+](Cc2ccccc2)(Cc2ccccc2)Cc2ccccc2)cc1. The quantitative estimate of drug-likeness (QED) is 0.186. The summed E-state index contributed by atoms with van der Waals surface area (Å²) >= 11 is 5.50. The average Bonchev–Trinajstić information content (AvgIpc) is 2.96. The molecule has 0 heterocycles. The Morgan fingerprint density at radius 2 is 0.769 bits per heavy atom. The first-order chi connectivity index (χ1) is 19.0. The molecule has 0 aromatic heterocycles. The first-order valence-corrected chi connectivity index (χ1v) is 13.4. The van der Waals surface area contributed by atoms with Crippen molar-refractivity contribution in [3.05, 3.63) is 178 Å². The van der Waals surface area contributed by atoms with Crippen LogP contribution in [0.4, 0.5) is 0 Å². The molecule has 0 saturated carbocycles. The van der Waals surface area contributed by atoms with Crippen molar-refractivity contribution in [1.82, 2.24) is 0 Å². The molecular formula is C35H32ClNO2. The highest BCUT2D eigenvalue weighted by atomic mass is 35.5. The van der Waals surface area contributed by atoms with Crippen LogP contribution in [-0.4, -0.2) is 10.5 Å². The van der Waals surface area contributed by atoms with Crippen LogP contribution >= 0.6 is 11.6 Å². The fourth-order valence-corrected chi connectivity index (χ4v) is 4.93. The molecule has 0 aliphatic rings. The van der Waals surface area contributed by atoms with Crippen LogP contribution in [0.5, 0.6) is 0 Å². The van der Waals surface area contributed by atoms with Gasteiger partial charge in [0.25, 0.3) is 0 Å². The second-order valence-corrected chi connectivity index (χ2v) is 10.1. The summed E-state index contributed by atoms with van der Waals surface area (Å²) in [6, 6.07) is 49.5. The van der Waals surface area contributed by atoms with Gasteiger partial charge in [0.15, 0.2) is 0 Å². The average molecular weight is 534 g/mol. The molecule has 0 unspecified atom stereocenters. The van der Waals surface area contributed by atoms with Gasteiger partial charge in [0.2, 0.25) is 0 Å². The van der Waals surface area contributed by atoms with Crippen molar-refractivity contribution in [2.45, 2.75) is 26.2 Å². The Labute approximate surface area is 236 Å². The van der Waals surface area contributed by atoms with Crippen LogP contribution in [0.3, 0.4) is 0 Å². The van der Waals surface area contributed by atoms with Crippen molar-refractivity contribution < 1.29 is 14.4 Å². The Balaban J connectivity index is 0.000000298. The Morgan fingerprint density at radius 3 is 1.03 bits per heavy atom. The lowest BCUT2D eigenvalue weighted by Crippen LogP contribution is -2.45. The number of carboxylic acids is 1. The van der Waals surface area contributed by atoms with Crippen molar-refractivity contribution in [2.75, 3.05) is 0 Å². The second kappa shape index (κ2) is 14.1. The minimum absolute atomic E-state index is 0.143. The highest BCUT2D eigenvalue weighted by Crippen LogP contribution is 2.27. The third kappa shape index (κ3) is 8.96. The van der Waals surface area contributed by atoms with Gasteiger partial charge < -0.3 is 14.4 Å². The summed E-state index contributed by atoms with van der Waals surface area (Å²) in [7, 11) is 0. The molecule has 0 atom stereocenters. The molecular weight excluding hydrogens is 502 g/mol. The standard InChI is InChI=1S/C28H28N.C7H5ClO2/c1-5-13-25(14-6-1)21-29(22-26-15-7-2-8-16-26,23-27-17-9-3-10-18-27)24-28-19-11-4-12-20-28;8-6-3-1-5(2-4-6)7(9)10/h1-20H,21-24H2;1-4H,(H,9,10)/q+1;/p-1. The Hall–Kier alpha value is -4.18. The lowest BCUT2D eigenvalue weighted by Gasteiger charge is -2.39. The largest absolute Gasteiger partial charge is 0.545 e. The topological polar surface area (TPSA) is 40.1 Å². The Bertz CT molecular complexity index is 1240. The zero-order valence-corrected chi connectivity index (χ0v) is 22.6. The summed E-state index contributed by atoms with van der Waals surface area (Å²) in [5.41, 5.74) is 5.68. The van der Waals surface area contributed by atoms with Crippen molar-refractivity contribution in [3.63, 3.8) is 0 Å². The number of carboxylic acid groups (broad SMARTS) is 1. The Morgan fingerprint density at radius 1 is 0.487 bits per heavy atom. The number of hydrogen-bond donors (Lipinski definition) is 0. The summed E-state index contributed by atoms with van der Waals surface area (Å²) in [6.07, 6.45) is 0. The number of quaternary nitrogens is 1. The monoisotopic (exact) mass is 533 g/mol. The summed E-state index contributed by atoms with van der Waals surface area (Å²) in [5.74, 6) is -1.18. The third-order valence-electron chi connectivity index (χ3n) is 6.52.